The molecule has 19 heavy (non-hydrogen) atoms. The number of thioether (sulfide) groups is 1. The SMILES string of the molecule is CCSC1CCCC1Nc1c([N+](=O)[O-])c(C)nn1C. The number of hydrogen-bond acceptors (Lipinski definition) is 5. The first-order valence-electron chi connectivity index (χ1n) is 6.60. The Kier molecular flexibility index (Phi) is 4.34. The van der Waals surface area contributed by atoms with Crippen LogP contribution in [0.5, 0.6) is 0 Å². The van der Waals surface area contributed by atoms with Gasteiger partial charge in [-0.1, -0.05) is 13.3 Å². The van der Waals surface area contributed by atoms with E-state index in [1.165, 1.54) is 12.8 Å². The van der Waals surface area contributed by atoms with Gasteiger partial charge in [0.15, 0.2) is 0 Å². The zero-order chi connectivity index (χ0) is 14.0. The maximum atomic E-state index is 11.1. The van der Waals surface area contributed by atoms with E-state index in [1.54, 1.807) is 18.7 Å². The van der Waals surface area contributed by atoms with E-state index >= 15 is 0 Å². The van der Waals surface area contributed by atoms with Gasteiger partial charge in [-0.2, -0.15) is 16.9 Å². The number of rotatable bonds is 5. The molecule has 7 heteroatoms. The van der Waals surface area contributed by atoms with Crippen LogP contribution in [-0.4, -0.2) is 31.7 Å². The lowest BCUT2D eigenvalue weighted by molar-refractivity contribution is -0.384. The van der Waals surface area contributed by atoms with Gasteiger partial charge in [-0.3, -0.25) is 10.1 Å². The molecule has 0 radical (unpaired) electrons. The van der Waals surface area contributed by atoms with Crippen molar-refractivity contribution in [1.29, 1.82) is 0 Å². The van der Waals surface area contributed by atoms with Gasteiger partial charge in [0.1, 0.15) is 5.69 Å². The predicted octanol–water partition coefficient (Wildman–Crippen LogP) is 2.72. The van der Waals surface area contributed by atoms with Gasteiger partial charge >= 0.3 is 5.69 Å². The predicted molar refractivity (Wildman–Crippen MR) is 77.8 cm³/mol. The van der Waals surface area contributed by atoms with Gasteiger partial charge in [0.2, 0.25) is 5.82 Å². The number of aryl methyl sites for hydroxylation is 2. The van der Waals surface area contributed by atoms with Crippen molar-refractivity contribution in [3.63, 3.8) is 0 Å². The Balaban J connectivity index is 2.21. The Bertz CT molecular complexity index is 475. The molecular formula is C12H20N4O2S. The lowest BCUT2D eigenvalue weighted by Gasteiger charge is -2.20. The molecular weight excluding hydrogens is 264 g/mol. The fourth-order valence-corrected chi connectivity index (χ4v) is 3.91. The van der Waals surface area contributed by atoms with Crippen LogP contribution >= 0.6 is 11.8 Å². The van der Waals surface area contributed by atoms with Crippen LogP contribution in [0.1, 0.15) is 31.9 Å². The summed E-state index contributed by atoms with van der Waals surface area (Å²) < 4.78 is 1.58. The summed E-state index contributed by atoms with van der Waals surface area (Å²) >= 11 is 1.93. The molecule has 1 N–H and O–H groups in total. The Morgan fingerprint density at radius 2 is 2.32 bits per heavy atom. The number of hydrogen-bond donors (Lipinski definition) is 1. The van der Waals surface area contributed by atoms with Gasteiger partial charge < -0.3 is 5.32 Å². The summed E-state index contributed by atoms with van der Waals surface area (Å²) in [6.45, 7) is 3.83. The van der Waals surface area contributed by atoms with E-state index in [2.05, 4.69) is 17.3 Å². The van der Waals surface area contributed by atoms with E-state index in [-0.39, 0.29) is 10.6 Å². The highest BCUT2D eigenvalue weighted by Gasteiger charge is 2.31. The Labute approximate surface area is 117 Å². The quantitative estimate of drug-likeness (QED) is 0.665. The van der Waals surface area contributed by atoms with E-state index in [0.717, 1.165) is 12.2 Å². The first kappa shape index (κ1) is 14.2. The highest BCUT2D eigenvalue weighted by atomic mass is 32.2. The van der Waals surface area contributed by atoms with Gasteiger partial charge in [0, 0.05) is 18.3 Å². The van der Waals surface area contributed by atoms with Crippen LogP contribution in [0.2, 0.25) is 0 Å². The summed E-state index contributed by atoms with van der Waals surface area (Å²) in [4.78, 5) is 10.8. The second kappa shape index (κ2) is 5.81. The average molecular weight is 284 g/mol. The Morgan fingerprint density at radius 3 is 2.95 bits per heavy atom. The molecule has 0 aliphatic heterocycles. The summed E-state index contributed by atoms with van der Waals surface area (Å²) in [6.07, 6.45) is 3.43. The third-order valence-corrected chi connectivity index (χ3v) is 4.85. The molecule has 0 aromatic carbocycles. The molecule has 1 saturated carbocycles. The molecule has 0 saturated heterocycles. The molecule has 106 valence electrons. The van der Waals surface area contributed by atoms with E-state index in [9.17, 15) is 10.1 Å². The molecule has 1 aromatic rings. The third-order valence-electron chi connectivity index (χ3n) is 3.53. The maximum absolute atomic E-state index is 11.1. The summed E-state index contributed by atoms with van der Waals surface area (Å²) in [5.74, 6) is 1.62. The van der Waals surface area contributed by atoms with E-state index in [4.69, 9.17) is 0 Å². The standard InChI is InChI=1S/C12H20N4O2S/c1-4-19-10-7-5-6-9(10)13-12-11(16(17)18)8(2)14-15(12)3/h9-10,13H,4-7H2,1-3H3. The topological polar surface area (TPSA) is 73.0 Å². The molecule has 1 aromatic heterocycles. The van der Waals surface area contributed by atoms with Crippen molar-refractivity contribution in [3.8, 4) is 0 Å². The van der Waals surface area contributed by atoms with E-state index < -0.39 is 0 Å². The van der Waals surface area contributed by atoms with E-state index in [1.807, 2.05) is 11.8 Å². The molecule has 0 bridgehead atoms. The van der Waals surface area contributed by atoms with Gasteiger partial charge in [-0.05, 0) is 25.5 Å². The second-order valence-corrected chi connectivity index (χ2v) is 6.36. The molecule has 2 rings (SSSR count). The number of nitrogens with zero attached hydrogens (tertiary/aromatic N) is 3. The average Bonchev–Trinajstić information content (AvgIpc) is 2.86. The van der Waals surface area contributed by atoms with Crippen molar-refractivity contribution >= 4 is 23.3 Å². The molecule has 6 nitrogen and oxygen atoms in total. The molecule has 2 unspecified atom stereocenters. The fourth-order valence-electron chi connectivity index (χ4n) is 2.71. The van der Waals surface area contributed by atoms with Crippen molar-refractivity contribution < 1.29 is 4.92 Å². The highest BCUT2D eigenvalue weighted by Crippen LogP contribution is 2.35. The van der Waals surface area contributed by atoms with Gasteiger partial charge in [0.05, 0.1) is 4.92 Å². The normalized spacial score (nSPS) is 22.7. The highest BCUT2D eigenvalue weighted by molar-refractivity contribution is 7.99. The second-order valence-electron chi connectivity index (χ2n) is 4.84. The largest absolute Gasteiger partial charge is 0.361 e. The van der Waals surface area contributed by atoms with Gasteiger partial charge in [-0.25, -0.2) is 4.68 Å². The number of aromatic nitrogens is 2. The molecule has 2 atom stereocenters. The number of nitro groups is 1. The number of nitrogens with one attached hydrogen (secondary N) is 1. The minimum Gasteiger partial charge on any atom is -0.361 e. The van der Waals surface area contributed by atoms with Crippen LogP contribution in [0.25, 0.3) is 0 Å². The van der Waals surface area contributed by atoms with Crippen LogP contribution in [0, 0.1) is 17.0 Å². The van der Waals surface area contributed by atoms with Crippen LogP contribution in [0.3, 0.4) is 0 Å². The lowest BCUT2D eigenvalue weighted by atomic mass is 10.2. The van der Waals surface area contributed by atoms with Crippen molar-refractivity contribution in [2.24, 2.45) is 7.05 Å². The molecule has 0 amide bonds. The first-order valence-corrected chi connectivity index (χ1v) is 7.65. The summed E-state index contributed by atoms with van der Waals surface area (Å²) in [7, 11) is 1.75. The van der Waals surface area contributed by atoms with E-state index in [0.29, 0.717) is 22.8 Å². The third kappa shape index (κ3) is 2.86. The fraction of sp³-hybridized carbons (Fsp3) is 0.750. The summed E-state index contributed by atoms with van der Waals surface area (Å²) in [6, 6.07) is 0.304. The van der Waals surface area contributed by atoms with Crippen molar-refractivity contribution in [1.82, 2.24) is 9.78 Å². The molecule has 1 aliphatic carbocycles. The lowest BCUT2D eigenvalue weighted by Crippen LogP contribution is -2.27. The minimum absolute atomic E-state index is 0.106. The van der Waals surface area contributed by atoms with Crippen molar-refractivity contribution in [2.75, 3.05) is 11.1 Å². The van der Waals surface area contributed by atoms with Gasteiger partial charge in [0.25, 0.3) is 0 Å². The summed E-state index contributed by atoms with van der Waals surface area (Å²) in [5, 5.41) is 19.2. The zero-order valence-electron chi connectivity index (χ0n) is 11.5. The van der Waals surface area contributed by atoms with Crippen LogP contribution in [0.4, 0.5) is 11.5 Å². The Morgan fingerprint density at radius 1 is 1.58 bits per heavy atom. The van der Waals surface area contributed by atoms with Crippen LogP contribution < -0.4 is 5.32 Å². The molecule has 1 heterocycles. The zero-order valence-corrected chi connectivity index (χ0v) is 12.4. The maximum Gasteiger partial charge on any atom is 0.333 e. The van der Waals surface area contributed by atoms with Crippen molar-refractivity contribution in [2.45, 2.75) is 44.4 Å². The van der Waals surface area contributed by atoms with Crippen molar-refractivity contribution in [3.05, 3.63) is 15.8 Å². The Hall–Kier alpha value is -1.24. The van der Waals surface area contributed by atoms with Crippen LogP contribution in [0.15, 0.2) is 0 Å². The molecule has 1 aliphatic rings. The number of anilines is 1. The molecule has 1 fully saturated rings. The summed E-state index contributed by atoms with van der Waals surface area (Å²) in [5.41, 5.74) is 0.572. The first-order chi connectivity index (χ1) is 9.04. The van der Waals surface area contributed by atoms with Gasteiger partial charge in [-0.15, -0.1) is 0 Å². The minimum atomic E-state index is -0.346. The van der Waals surface area contributed by atoms with Crippen LogP contribution in [-0.2, 0) is 7.05 Å². The smallest absolute Gasteiger partial charge is 0.333 e. The molecule has 0 spiro atoms. The monoisotopic (exact) mass is 284 g/mol.